The van der Waals surface area contributed by atoms with Crippen molar-refractivity contribution in [3.05, 3.63) is 45.8 Å². The van der Waals surface area contributed by atoms with E-state index >= 15 is 0 Å². The maximum Gasteiger partial charge on any atom is 0.341 e. The van der Waals surface area contributed by atoms with E-state index in [1.165, 1.54) is 13.2 Å². The number of ketones is 1. The van der Waals surface area contributed by atoms with Crippen molar-refractivity contribution in [2.45, 2.75) is 13.8 Å². The zero-order valence-electron chi connectivity index (χ0n) is 19.1. The molecule has 1 aromatic carbocycles. The zero-order chi connectivity index (χ0) is 23.8. The lowest BCUT2D eigenvalue weighted by molar-refractivity contribution is -0.111. The predicted molar refractivity (Wildman–Crippen MR) is 125 cm³/mol. The Kier molecular flexibility index (Phi) is 8.98. The van der Waals surface area contributed by atoms with Crippen molar-refractivity contribution < 1.29 is 28.6 Å². The molecule has 2 aromatic rings. The molecule has 0 saturated heterocycles. The van der Waals surface area contributed by atoms with Gasteiger partial charge < -0.3 is 24.4 Å². The SMILES string of the molecule is CCOC(=O)c1c(NC(=O)/C=C/c2ccc(OC)c(OC)c2)sc(C(=O)CN(C)C)c1C. The Hall–Kier alpha value is -3.17. The van der Waals surface area contributed by atoms with Crippen molar-refractivity contribution in [1.29, 1.82) is 0 Å². The van der Waals surface area contributed by atoms with Gasteiger partial charge in [-0.1, -0.05) is 6.07 Å². The third-order valence-electron chi connectivity index (χ3n) is 4.41. The van der Waals surface area contributed by atoms with Crippen LogP contribution in [0.3, 0.4) is 0 Å². The lowest BCUT2D eigenvalue weighted by atomic mass is 10.1. The molecule has 0 fully saturated rings. The molecule has 2 rings (SSSR count). The third-order valence-corrected chi connectivity index (χ3v) is 5.66. The van der Waals surface area contributed by atoms with Crippen molar-refractivity contribution in [1.82, 2.24) is 4.90 Å². The molecule has 1 aromatic heterocycles. The molecule has 0 aliphatic carbocycles. The number of thiophene rings is 1. The van der Waals surface area contributed by atoms with Gasteiger partial charge in [0, 0.05) is 6.08 Å². The standard InChI is InChI=1S/C23H28N2O6S/c1-7-31-23(28)20-14(2)21(16(26)13-25(3)4)32-22(20)24-19(27)11-9-15-8-10-17(29-5)18(12-15)30-6/h8-12H,7,13H2,1-6H3,(H,24,27)/b11-9+. The van der Waals surface area contributed by atoms with Gasteiger partial charge in [-0.25, -0.2) is 4.79 Å². The highest BCUT2D eigenvalue weighted by atomic mass is 32.1. The number of ether oxygens (including phenoxy) is 3. The van der Waals surface area contributed by atoms with Gasteiger partial charge in [-0.05, 0) is 57.3 Å². The Bertz CT molecular complexity index is 1030. The third kappa shape index (κ3) is 6.18. The highest BCUT2D eigenvalue weighted by Crippen LogP contribution is 2.34. The van der Waals surface area contributed by atoms with Crippen molar-refractivity contribution in [3.8, 4) is 11.5 Å². The van der Waals surface area contributed by atoms with E-state index in [0.29, 0.717) is 21.9 Å². The van der Waals surface area contributed by atoms with Gasteiger partial charge in [-0.15, -0.1) is 11.3 Å². The number of nitrogens with one attached hydrogen (secondary N) is 1. The number of rotatable bonds is 10. The van der Waals surface area contributed by atoms with E-state index in [9.17, 15) is 14.4 Å². The second-order valence-corrected chi connectivity index (χ2v) is 8.10. The van der Waals surface area contributed by atoms with Crippen LogP contribution in [0.5, 0.6) is 11.5 Å². The molecule has 0 bridgehead atoms. The fraction of sp³-hybridized carbons (Fsp3) is 0.348. The fourth-order valence-electron chi connectivity index (χ4n) is 2.96. The van der Waals surface area contributed by atoms with E-state index in [1.54, 1.807) is 64.2 Å². The summed E-state index contributed by atoms with van der Waals surface area (Å²) >= 11 is 1.07. The summed E-state index contributed by atoms with van der Waals surface area (Å²) in [5.74, 6) is -0.0401. The van der Waals surface area contributed by atoms with E-state index in [4.69, 9.17) is 14.2 Å². The van der Waals surface area contributed by atoms with Gasteiger partial charge in [0.1, 0.15) is 5.00 Å². The first kappa shape index (κ1) is 25.1. The van der Waals surface area contributed by atoms with Crippen LogP contribution in [0.4, 0.5) is 5.00 Å². The summed E-state index contributed by atoms with van der Waals surface area (Å²) in [6.07, 6.45) is 2.95. The molecule has 9 heteroatoms. The van der Waals surface area contributed by atoms with Crippen LogP contribution in [0.2, 0.25) is 0 Å². The van der Waals surface area contributed by atoms with E-state index in [0.717, 1.165) is 16.9 Å². The van der Waals surface area contributed by atoms with Crippen LogP contribution in [0.25, 0.3) is 6.08 Å². The minimum atomic E-state index is -0.579. The number of esters is 1. The second kappa shape index (κ2) is 11.4. The summed E-state index contributed by atoms with van der Waals surface area (Å²) in [6.45, 7) is 3.75. The highest BCUT2D eigenvalue weighted by molar-refractivity contribution is 7.18. The summed E-state index contributed by atoms with van der Waals surface area (Å²) in [6, 6.07) is 5.25. The number of carbonyl (C=O) groups excluding carboxylic acids is 3. The monoisotopic (exact) mass is 460 g/mol. The number of hydrogen-bond acceptors (Lipinski definition) is 8. The maximum atomic E-state index is 12.6. The minimum absolute atomic E-state index is 0.135. The van der Waals surface area contributed by atoms with E-state index in [-0.39, 0.29) is 29.5 Å². The molecule has 0 aliphatic rings. The van der Waals surface area contributed by atoms with Crippen LogP contribution in [0, 0.1) is 6.92 Å². The smallest absolute Gasteiger partial charge is 0.341 e. The second-order valence-electron chi connectivity index (χ2n) is 7.08. The van der Waals surface area contributed by atoms with Gasteiger partial charge in [-0.3, -0.25) is 9.59 Å². The zero-order valence-corrected chi connectivity index (χ0v) is 19.9. The van der Waals surface area contributed by atoms with Gasteiger partial charge in [0.15, 0.2) is 17.3 Å². The number of likely N-dealkylation sites (N-methyl/N-ethyl adjacent to an activating group) is 1. The number of anilines is 1. The van der Waals surface area contributed by atoms with Crippen molar-refractivity contribution in [2.75, 3.05) is 46.8 Å². The summed E-state index contributed by atoms with van der Waals surface area (Å²) in [4.78, 5) is 39.8. The summed E-state index contributed by atoms with van der Waals surface area (Å²) in [7, 11) is 6.65. The van der Waals surface area contributed by atoms with Gasteiger partial charge in [-0.2, -0.15) is 0 Å². The fourth-order valence-corrected chi connectivity index (χ4v) is 4.09. The normalized spacial score (nSPS) is 11.0. The molecule has 0 saturated carbocycles. The largest absolute Gasteiger partial charge is 0.493 e. The number of carbonyl (C=O) groups is 3. The van der Waals surface area contributed by atoms with Crippen molar-refractivity contribution >= 4 is 40.1 Å². The number of nitrogens with zero attached hydrogens (tertiary/aromatic N) is 1. The molecule has 1 N–H and O–H groups in total. The van der Waals surface area contributed by atoms with Gasteiger partial charge in [0.2, 0.25) is 5.91 Å². The van der Waals surface area contributed by atoms with Crippen molar-refractivity contribution in [3.63, 3.8) is 0 Å². The molecule has 0 radical (unpaired) electrons. The molecule has 0 spiro atoms. The Morgan fingerprint density at radius 2 is 1.81 bits per heavy atom. The molecule has 8 nitrogen and oxygen atoms in total. The number of Topliss-reactive ketones (excluding diaryl/α,β-unsaturated/α-hetero) is 1. The predicted octanol–water partition coefficient (Wildman–Crippen LogP) is 3.65. The first-order valence-corrected chi connectivity index (χ1v) is 10.7. The maximum absolute atomic E-state index is 12.6. The van der Waals surface area contributed by atoms with Gasteiger partial charge >= 0.3 is 5.97 Å². The molecule has 172 valence electrons. The first-order chi connectivity index (χ1) is 15.2. The summed E-state index contributed by atoms with van der Waals surface area (Å²) < 4.78 is 15.6. The van der Waals surface area contributed by atoms with Crippen LogP contribution in [-0.4, -0.2) is 64.0 Å². The molecule has 0 aliphatic heterocycles. The van der Waals surface area contributed by atoms with Gasteiger partial charge in [0.25, 0.3) is 0 Å². The summed E-state index contributed by atoms with van der Waals surface area (Å²) in [5, 5.41) is 2.99. The molecule has 1 heterocycles. The number of methoxy groups -OCH3 is 2. The van der Waals surface area contributed by atoms with E-state index < -0.39 is 11.9 Å². The quantitative estimate of drug-likeness (QED) is 0.329. The number of amides is 1. The Morgan fingerprint density at radius 1 is 1.12 bits per heavy atom. The number of hydrogen-bond donors (Lipinski definition) is 1. The van der Waals surface area contributed by atoms with Crippen LogP contribution >= 0.6 is 11.3 Å². The Labute approximate surface area is 191 Å². The number of benzene rings is 1. The van der Waals surface area contributed by atoms with Crippen LogP contribution in [0.15, 0.2) is 24.3 Å². The Balaban J connectivity index is 2.30. The topological polar surface area (TPSA) is 94.2 Å². The first-order valence-electron chi connectivity index (χ1n) is 9.91. The molecule has 0 atom stereocenters. The Morgan fingerprint density at radius 3 is 2.41 bits per heavy atom. The molecular weight excluding hydrogens is 432 g/mol. The van der Waals surface area contributed by atoms with Gasteiger partial charge in [0.05, 0.1) is 37.8 Å². The van der Waals surface area contributed by atoms with Crippen LogP contribution < -0.4 is 14.8 Å². The van der Waals surface area contributed by atoms with Crippen LogP contribution in [-0.2, 0) is 9.53 Å². The summed E-state index contributed by atoms with van der Waals surface area (Å²) in [5.41, 5.74) is 1.43. The average molecular weight is 461 g/mol. The molecule has 0 unspecified atom stereocenters. The average Bonchev–Trinajstić information content (AvgIpc) is 3.07. The highest BCUT2D eigenvalue weighted by Gasteiger charge is 2.26. The molecular formula is C23H28N2O6S. The van der Waals surface area contributed by atoms with E-state index in [2.05, 4.69) is 5.32 Å². The molecule has 1 amide bonds. The molecule has 32 heavy (non-hydrogen) atoms. The van der Waals surface area contributed by atoms with E-state index in [1.807, 2.05) is 0 Å². The minimum Gasteiger partial charge on any atom is -0.493 e. The lowest BCUT2D eigenvalue weighted by Crippen LogP contribution is -2.21. The van der Waals surface area contributed by atoms with Crippen LogP contribution in [0.1, 0.15) is 38.1 Å². The lowest BCUT2D eigenvalue weighted by Gasteiger charge is -2.08. The van der Waals surface area contributed by atoms with Crippen molar-refractivity contribution in [2.24, 2.45) is 0 Å².